The van der Waals surface area contributed by atoms with Crippen LogP contribution in [0, 0.1) is 11.3 Å². The lowest BCUT2D eigenvalue weighted by Gasteiger charge is -2.52. The van der Waals surface area contributed by atoms with Gasteiger partial charge in [0.25, 0.3) is 0 Å². The Kier molecular flexibility index (Phi) is 8.55. The summed E-state index contributed by atoms with van der Waals surface area (Å²) in [6, 6.07) is 12.5. The number of halogens is 3. The van der Waals surface area contributed by atoms with E-state index in [2.05, 4.69) is 55.4 Å². The first-order valence-electron chi connectivity index (χ1n) is 12.0. The Labute approximate surface area is 213 Å². The predicted octanol–water partition coefficient (Wildman–Crippen LogP) is 4.80. The maximum atomic E-state index is 11.0. The number of aromatic nitrogens is 1. The van der Waals surface area contributed by atoms with E-state index in [1.165, 1.54) is 5.56 Å². The molecule has 0 saturated heterocycles. The van der Waals surface area contributed by atoms with Gasteiger partial charge >= 0.3 is 18.1 Å². The number of carboxylic acids is 2. The monoisotopic (exact) mass is 523 g/mol. The molecule has 0 radical (unpaired) electrons. The number of anilines is 2. The molecule has 11 heteroatoms. The van der Waals surface area contributed by atoms with Crippen LogP contribution in [-0.4, -0.2) is 60.1 Å². The molecule has 1 aromatic heterocycles. The fourth-order valence-electron chi connectivity index (χ4n) is 4.74. The Balaban J connectivity index is 0.000000479. The van der Waals surface area contributed by atoms with E-state index in [0.717, 1.165) is 48.9 Å². The van der Waals surface area contributed by atoms with Gasteiger partial charge in [-0.25, -0.2) is 9.78 Å². The van der Waals surface area contributed by atoms with Gasteiger partial charge in [-0.05, 0) is 53.5 Å². The van der Waals surface area contributed by atoms with Crippen molar-refractivity contribution < 1.29 is 37.7 Å². The third-order valence-electron chi connectivity index (χ3n) is 7.13. The number of nitrogens with one attached hydrogen (secondary N) is 1. The van der Waals surface area contributed by atoms with Crippen LogP contribution in [0.4, 0.5) is 24.7 Å². The highest BCUT2D eigenvalue weighted by molar-refractivity contribution is 5.73. The van der Waals surface area contributed by atoms with Crippen LogP contribution in [0.1, 0.15) is 43.9 Å². The van der Waals surface area contributed by atoms with Gasteiger partial charge in [0.15, 0.2) is 0 Å². The van der Waals surface area contributed by atoms with Crippen molar-refractivity contribution in [3.05, 3.63) is 47.7 Å². The minimum atomic E-state index is -5.08. The molecule has 202 valence electrons. The van der Waals surface area contributed by atoms with Crippen molar-refractivity contribution in [1.82, 2.24) is 4.98 Å². The lowest BCUT2D eigenvalue weighted by Crippen LogP contribution is -2.44. The highest BCUT2D eigenvalue weighted by Crippen LogP contribution is 2.58. The molecule has 4 rings (SSSR count). The van der Waals surface area contributed by atoms with E-state index in [-0.39, 0.29) is 17.8 Å². The van der Waals surface area contributed by atoms with Gasteiger partial charge in [-0.1, -0.05) is 26.0 Å². The number of ether oxygens (including phenoxy) is 1. The third-order valence-corrected chi connectivity index (χ3v) is 7.13. The van der Waals surface area contributed by atoms with Crippen molar-refractivity contribution in [1.29, 1.82) is 0 Å². The van der Waals surface area contributed by atoms with Crippen LogP contribution in [0.2, 0.25) is 0 Å². The number of aliphatic carboxylic acids is 2. The number of likely N-dealkylation sites (N-methyl/N-ethyl adjacent to an activating group) is 1. The van der Waals surface area contributed by atoms with Crippen molar-refractivity contribution in [2.24, 2.45) is 11.3 Å². The van der Waals surface area contributed by atoms with Crippen molar-refractivity contribution in [3.8, 4) is 5.75 Å². The second kappa shape index (κ2) is 11.3. The van der Waals surface area contributed by atoms with Crippen LogP contribution in [0.3, 0.4) is 0 Å². The highest BCUT2D eigenvalue weighted by atomic mass is 19.4. The molecule has 8 nitrogen and oxygen atoms in total. The fourth-order valence-corrected chi connectivity index (χ4v) is 4.74. The maximum Gasteiger partial charge on any atom is 0.490 e. The molecule has 0 spiro atoms. The van der Waals surface area contributed by atoms with Gasteiger partial charge in [0, 0.05) is 38.7 Å². The molecule has 0 amide bonds. The maximum absolute atomic E-state index is 11.0. The van der Waals surface area contributed by atoms with E-state index < -0.39 is 18.1 Å². The van der Waals surface area contributed by atoms with Gasteiger partial charge in [-0.3, -0.25) is 4.79 Å². The lowest BCUT2D eigenvalue weighted by atomic mass is 9.52. The van der Waals surface area contributed by atoms with E-state index in [4.69, 9.17) is 24.7 Å². The molecule has 2 aromatic rings. The minimum Gasteiger partial charge on any atom is -0.493 e. The zero-order chi connectivity index (χ0) is 27.4. The molecule has 2 unspecified atom stereocenters. The summed E-state index contributed by atoms with van der Waals surface area (Å²) in [5, 5.41) is 19.6. The van der Waals surface area contributed by atoms with Crippen molar-refractivity contribution in [3.63, 3.8) is 0 Å². The second-order valence-electron chi connectivity index (χ2n) is 9.89. The Morgan fingerprint density at radius 3 is 2.38 bits per heavy atom. The average molecular weight is 524 g/mol. The summed E-state index contributed by atoms with van der Waals surface area (Å²) in [5.74, 6) is -1.00. The summed E-state index contributed by atoms with van der Waals surface area (Å²) in [6.07, 6.45) is -3.13. The molecule has 2 heterocycles. The van der Waals surface area contributed by atoms with Crippen molar-refractivity contribution >= 4 is 23.4 Å². The Morgan fingerprint density at radius 2 is 1.81 bits per heavy atom. The van der Waals surface area contributed by atoms with Crippen molar-refractivity contribution in [2.45, 2.75) is 45.2 Å². The molecule has 1 fully saturated rings. The van der Waals surface area contributed by atoms with Gasteiger partial charge in [0.1, 0.15) is 11.6 Å². The number of nitrogens with zero attached hydrogens (tertiary/aromatic N) is 2. The third kappa shape index (κ3) is 7.05. The zero-order valence-electron chi connectivity index (χ0n) is 21.0. The first kappa shape index (κ1) is 28.1. The number of hydrogen-bond acceptors (Lipinski definition) is 6. The first-order chi connectivity index (χ1) is 17.3. The molecule has 1 aromatic carbocycles. The summed E-state index contributed by atoms with van der Waals surface area (Å²) >= 11 is 0. The van der Waals surface area contributed by atoms with Gasteiger partial charge in [-0.2, -0.15) is 13.2 Å². The normalized spacial score (nSPS) is 19.9. The number of benzene rings is 1. The summed E-state index contributed by atoms with van der Waals surface area (Å²) in [5.41, 5.74) is 3.45. The van der Waals surface area contributed by atoms with Crippen LogP contribution in [0.5, 0.6) is 5.75 Å². The molecule has 2 atom stereocenters. The second-order valence-corrected chi connectivity index (χ2v) is 9.89. The number of hydrogen-bond donors (Lipinski definition) is 3. The number of fused-ring (bicyclic) bond motifs is 1. The quantitative estimate of drug-likeness (QED) is 0.475. The zero-order valence-corrected chi connectivity index (χ0v) is 21.0. The minimum absolute atomic E-state index is 0.0149. The van der Waals surface area contributed by atoms with Gasteiger partial charge < -0.3 is 25.2 Å². The van der Waals surface area contributed by atoms with Crippen LogP contribution >= 0.6 is 0 Å². The number of pyridine rings is 1. The molecule has 0 bridgehead atoms. The molecular weight excluding hydrogens is 491 g/mol. The molecule has 3 N–H and O–H groups in total. The van der Waals surface area contributed by atoms with Crippen LogP contribution < -0.4 is 15.0 Å². The number of carboxylic acid groups (broad SMARTS) is 2. The molecule has 2 aliphatic rings. The predicted molar refractivity (Wildman–Crippen MR) is 132 cm³/mol. The topological polar surface area (TPSA) is 112 Å². The largest absolute Gasteiger partial charge is 0.493 e. The summed E-state index contributed by atoms with van der Waals surface area (Å²) in [4.78, 5) is 26.9. The molecule has 1 saturated carbocycles. The highest BCUT2D eigenvalue weighted by Gasteiger charge is 2.49. The Morgan fingerprint density at radius 1 is 1.16 bits per heavy atom. The molecule has 1 aliphatic carbocycles. The number of alkyl halides is 3. The Bertz CT molecular complexity index is 1110. The smallest absolute Gasteiger partial charge is 0.490 e. The number of rotatable bonds is 7. The van der Waals surface area contributed by atoms with Crippen LogP contribution in [0.15, 0.2) is 36.4 Å². The van der Waals surface area contributed by atoms with E-state index >= 15 is 0 Å². The van der Waals surface area contributed by atoms with Crippen LogP contribution in [-0.2, 0) is 16.0 Å². The van der Waals surface area contributed by atoms with Gasteiger partial charge in [0.05, 0.1) is 12.3 Å². The summed E-state index contributed by atoms with van der Waals surface area (Å²) in [7, 11) is 2.09. The number of carbonyl (C=O) groups is 2. The van der Waals surface area contributed by atoms with E-state index in [1.54, 1.807) is 0 Å². The Hall–Kier alpha value is -3.50. The fraction of sp³-hybridized carbons (Fsp3) is 0.500. The summed E-state index contributed by atoms with van der Waals surface area (Å²) < 4.78 is 37.7. The molecule has 1 aliphatic heterocycles. The van der Waals surface area contributed by atoms with E-state index in [1.807, 2.05) is 12.1 Å². The van der Waals surface area contributed by atoms with E-state index in [9.17, 15) is 18.0 Å². The van der Waals surface area contributed by atoms with Gasteiger partial charge in [0.2, 0.25) is 0 Å². The van der Waals surface area contributed by atoms with E-state index in [0.29, 0.717) is 12.5 Å². The van der Waals surface area contributed by atoms with Gasteiger partial charge in [-0.15, -0.1) is 0 Å². The first-order valence-corrected chi connectivity index (χ1v) is 12.0. The summed E-state index contributed by atoms with van der Waals surface area (Å²) in [6.45, 7) is 6.84. The SMILES string of the molecule is CN1CCNc2nc(CCOc3ccc(C4CC(CC(=O)O)C4(C)C)cc3)ccc21.O=C(O)C(F)(F)F. The standard InChI is InChI=1S/C24H31N3O3.C2HF3O2/c1-24(2)17(15-22(28)29)14-20(24)16-4-7-19(8-5-16)30-13-10-18-6-9-21-23(26-18)25-11-12-27(21)3;3-2(4,5)1(6)7/h4-9,17,20H,10-15H2,1-3H3,(H,25,26)(H,28,29);(H,6,7). The van der Waals surface area contributed by atoms with Crippen LogP contribution in [0.25, 0.3) is 0 Å². The lowest BCUT2D eigenvalue weighted by molar-refractivity contribution is -0.192. The average Bonchev–Trinajstić information content (AvgIpc) is 2.82. The van der Waals surface area contributed by atoms with Crippen molar-refractivity contribution in [2.75, 3.05) is 37.0 Å². The molecule has 37 heavy (non-hydrogen) atoms. The molecular formula is C26H32F3N3O5.